The molecular formula is C9H12N4O. The molecule has 0 aromatic carbocycles. The van der Waals surface area contributed by atoms with Crippen molar-refractivity contribution in [3.63, 3.8) is 0 Å². The lowest BCUT2D eigenvalue weighted by atomic mass is 10.3. The highest BCUT2D eigenvalue weighted by molar-refractivity contribution is 5.03. The minimum Gasteiger partial charge on any atom is -0.361 e. The lowest BCUT2D eigenvalue weighted by Gasteiger charge is -1.98. The molecule has 2 rings (SSSR count). The molecule has 0 saturated carbocycles. The summed E-state index contributed by atoms with van der Waals surface area (Å²) in [7, 11) is 0. The summed E-state index contributed by atoms with van der Waals surface area (Å²) in [6, 6.07) is 1.92. The fourth-order valence-corrected chi connectivity index (χ4v) is 1.21. The van der Waals surface area contributed by atoms with Crippen LogP contribution in [0.3, 0.4) is 0 Å². The minimum atomic E-state index is 0.705. The van der Waals surface area contributed by atoms with E-state index < -0.39 is 0 Å². The number of imidazole rings is 1. The van der Waals surface area contributed by atoms with Gasteiger partial charge in [0.2, 0.25) is 0 Å². The number of H-pyrrole nitrogens is 1. The van der Waals surface area contributed by atoms with Crippen molar-refractivity contribution >= 4 is 0 Å². The standard InChI is InChI=1S/C9H12N4O/c1-7-2-8(13-14-7)3-10-4-9-5-11-6-12-9/h2,5-6,10H,3-4H2,1H3,(H,11,12). The van der Waals surface area contributed by atoms with E-state index in [0.717, 1.165) is 23.7 Å². The van der Waals surface area contributed by atoms with Gasteiger partial charge in [-0.15, -0.1) is 0 Å². The summed E-state index contributed by atoms with van der Waals surface area (Å²) in [6.45, 7) is 3.34. The number of aromatic nitrogens is 3. The molecule has 0 aliphatic heterocycles. The van der Waals surface area contributed by atoms with Crippen molar-refractivity contribution in [3.05, 3.63) is 35.7 Å². The molecule has 14 heavy (non-hydrogen) atoms. The van der Waals surface area contributed by atoms with Crippen molar-refractivity contribution in [2.45, 2.75) is 20.0 Å². The summed E-state index contributed by atoms with van der Waals surface area (Å²) >= 11 is 0. The molecule has 0 aliphatic carbocycles. The molecule has 0 atom stereocenters. The van der Waals surface area contributed by atoms with Crippen LogP contribution in [0.15, 0.2) is 23.1 Å². The first-order valence-electron chi connectivity index (χ1n) is 4.45. The molecule has 0 aliphatic rings. The van der Waals surface area contributed by atoms with E-state index in [0.29, 0.717) is 6.54 Å². The largest absolute Gasteiger partial charge is 0.361 e. The quantitative estimate of drug-likeness (QED) is 0.758. The molecule has 0 spiro atoms. The van der Waals surface area contributed by atoms with E-state index in [-0.39, 0.29) is 0 Å². The zero-order valence-electron chi connectivity index (χ0n) is 7.95. The minimum absolute atomic E-state index is 0.705. The van der Waals surface area contributed by atoms with Gasteiger partial charge in [-0.3, -0.25) is 0 Å². The van der Waals surface area contributed by atoms with Crippen molar-refractivity contribution in [1.82, 2.24) is 20.4 Å². The van der Waals surface area contributed by atoms with Gasteiger partial charge in [-0.1, -0.05) is 5.16 Å². The topological polar surface area (TPSA) is 66.7 Å². The predicted molar refractivity (Wildman–Crippen MR) is 50.4 cm³/mol. The predicted octanol–water partition coefficient (Wildman–Crippen LogP) is 0.996. The van der Waals surface area contributed by atoms with Gasteiger partial charge in [0.1, 0.15) is 5.76 Å². The van der Waals surface area contributed by atoms with Crippen molar-refractivity contribution in [2.24, 2.45) is 0 Å². The lowest BCUT2D eigenvalue weighted by Crippen LogP contribution is -2.12. The second-order valence-electron chi connectivity index (χ2n) is 3.11. The molecule has 0 radical (unpaired) electrons. The molecule has 0 saturated heterocycles. The number of aryl methyl sites for hydroxylation is 1. The monoisotopic (exact) mass is 192 g/mol. The Morgan fingerprint density at radius 3 is 3.07 bits per heavy atom. The fourth-order valence-electron chi connectivity index (χ4n) is 1.21. The SMILES string of the molecule is Cc1cc(CNCc2cnc[nH]2)no1. The summed E-state index contributed by atoms with van der Waals surface area (Å²) < 4.78 is 4.94. The lowest BCUT2D eigenvalue weighted by molar-refractivity contribution is 0.388. The van der Waals surface area contributed by atoms with Crippen molar-refractivity contribution in [2.75, 3.05) is 0 Å². The number of aromatic amines is 1. The van der Waals surface area contributed by atoms with Crippen LogP contribution in [0.2, 0.25) is 0 Å². The average Bonchev–Trinajstić information content (AvgIpc) is 2.77. The Bertz CT molecular complexity index is 379. The van der Waals surface area contributed by atoms with E-state index in [9.17, 15) is 0 Å². The molecule has 74 valence electrons. The maximum atomic E-state index is 4.94. The molecular weight excluding hydrogens is 180 g/mol. The van der Waals surface area contributed by atoms with Gasteiger partial charge in [0.05, 0.1) is 12.0 Å². The van der Waals surface area contributed by atoms with Crippen LogP contribution in [0, 0.1) is 6.92 Å². The summed E-state index contributed by atoms with van der Waals surface area (Å²) in [4.78, 5) is 6.93. The van der Waals surface area contributed by atoms with Crippen LogP contribution in [0.1, 0.15) is 17.1 Å². The average molecular weight is 192 g/mol. The molecule has 0 fully saturated rings. The van der Waals surface area contributed by atoms with E-state index in [2.05, 4.69) is 20.4 Å². The number of hydrogen-bond acceptors (Lipinski definition) is 4. The number of nitrogens with zero attached hydrogens (tertiary/aromatic N) is 2. The maximum absolute atomic E-state index is 4.94. The Morgan fingerprint density at radius 2 is 2.43 bits per heavy atom. The fraction of sp³-hybridized carbons (Fsp3) is 0.333. The molecule has 2 aromatic rings. The third kappa shape index (κ3) is 2.20. The van der Waals surface area contributed by atoms with Crippen molar-refractivity contribution in [3.8, 4) is 0 Å². The first-order valence-corrected chi connectivity index (χ1v) is 4.45. The maximum Gasteiger partial charge on any atom is 0.133 e. The third-order valence-electron chi connectivity index (χ3n) is 1.85. The highest BCUT2D eigenvalue weighted by Crippen LogP contribution is 2.01. The zero-order valence-corrected chi connectivity index (χ0v) is 7.95. The van der Waals surface area contributed by atoms with Gasteiger partial charge in [-0.05, 0) is 6.92 Å². The third-order valence-corrected chi connectivity index (χ3v) is 1.85. The molecule has 2 N–H and O–H groups in total. The Kier molecular flexibility index (Phi) is 2.60. The Labute approximate surface area is 81.5 Å². The van der Waals surface area contributed by atoms with Crippen LogP contribution in [0.4, 0.5) is 0 Å². The second-order valence-corrected chi connectivity index (χ2v) is 3.11. The van der Waals surface area contributed by atoms with Gasteiger partial charge in [0, 0.05) is 31.0 Å². The molecule has 0 amide bonds. The second kappa shape index (κ2) is 4.06. The smallest absolute Gasteiger partial charge is 0.133 e. The highest BCUT2D eigenvalue weighted by Gasteiger charge is 1.99. The van der Waals surface area contributed by atoms with Gasteiger partial charge in [0.15, 0.2) is 0 Å². The highest BCUT2D eigenvalue weighted by atomic mass is 16.5. The molecule has 0 bridgehead atoms. The summed E-state index contributed by atoms with van der Waals surface area (Å²) in [6.07, 6.45) is 3.46. The summed E-state index contributed by atoms with van der Waals surface area (Å²) in [5.41, 5.74) is 1.98. The molecule has 2 aromatic heterocycles. The number of hydrogen-bond donors (Lipinski definition) is 2. The summed E-state index contributed by atoms with van der Waals surface area (Å²) in [5, 5.41) is 7.09. The van der Waals surface area contributed by atoms with Gasteiger partial charge >= 0.3 is 0 Å². The first kappa shape index (κ1) is 8.96. The van der Waals surface area contributed by atoms with Crippen LogP contribution in [0.5, 0.6) is 0 Å². The Hall–Kier alpha value is -1.62. The van der Waals surface area contributed by atoms with E-state index in [4.69, 9.17) is 4.52 Å². The van der Waals surface area contributed by atoms with Gasteiger partial charge in [-0.2, -0.15) is 0 Å². The number of nitrogens with one attached hydrogen (secondary N) is 2. The molecule has 5 heteroatoms. The Balaban J connectivity index is 1.78. The van der Waals surface area contributed by atoms with Crippen LogP contribution in [-0.2, 0) is 13.1 Å². The number of rotatable bonds is 4. The van der Waals surface area contributed by atoms with Gasteiger partial charge in [-0.25, -0.2) is 4.98 Å². The molecule has 5 nitrogen and oxygen atoms in total. The van der Waals surface area contributed by atoms with Gasteiger partial charge < -0.3 is 14.8 Å². The van der Waals surface area contributed by atoms with E-state index in [1.807, 2.05) is 13.0 Å². The normalized spacial score (nSPS) is 10.6. The van der Waals surface area contributed by atoms with E-state index in [1.54, 1.807) is 12.5 Å². The summed E-state index contributed by atoms with van der Waals surface area (Å²) in [5.74, 6) is 0.836. The van der Waals surface area contributed by atoms with Crippen LogP contribution in [0.25, 0.3) is 0 Å². The zero-order chi connectivity index (χ0) is 9.80. The molecule has 2 heterocycles. The first-order chi connectivity index (χ1) is 6.84. The van der Waals surface area contributed by atoms with Crippen LogP contribution >= 0.6 is 0 Å². The van der Waals surface area contributed by atoms with E-state index >= 15 is 0 Å². The van der Waals surface area contributed by atoms with Crippen LogP contribution in [-0.4, -0.2) is 15.1 Å². The van der Waals surface area contributed by atoms with E-state index in [1.165, 1.54) is 0 Å². The molecule has 0 unspecified atom stereocenters. The Morgan fingerprint density at radius 1 is 1.50 bits per heavy atom. The van der Waals surface area contributed by atoms with Gasteiger partial charge in [0.25, 0.3) is 0 Å². The van der Waals surface area contributed by atoms with Crippen LogP contribution < -0.4 is 5.32 Å². The van der Waals surface area contributed by atoms with Crippen molar-refractivity contribution in [1.29, 1.82) is 0 Å². The van der Waals surface area contributed by atoms with Crippen molar-refractivity contribution < 1.29 is 4.52 Å².